The van der Waals surface area contributed by atoms with Crippen molar-refractivity contribution in [3.05, 3.63) is 48.5 Å². The van der Waals surface area contributed by atoms with E-state index in [1.54, 1.807) is 7.11 Å². The maximum Gasteiger partial charge on any atom is 0.228 e. The van der Waals surface area contributed by atoms with Crippen LogP contribution in [0.1, 0.15) is 29.5 Å². The molecule has 3 heterocycles. The van der Waals surface area contributed by atoms with Gasteiger partial charge in [0, 0.05) is 51.7 Å². The Morgan fingerprint density at radius 1 is 1.11 bits per heavy atom. The second-order valence-corrected chi connectivity index (χ2v) is 8.84. The van der Waals surface area contributed by atoms with Crippen LogP contribution in [0.25, 0.3) is 22.2 Å². The van der Waals surface area contributed by atoms with Gasteiger partial charge in [0.2, 0.25) is 5.91 Å². The second kappa shape index (κ2) is 11.0. The predicted molar refractivity (Wildman–Crippen MR) is 146 cm³/mol. The molecule has 0 radical (unpaired) electrons. The zero-order valence-electron chi connectivity index (χ0n) is 21.2. The summed E-state index contributed by atoms with van der Waals surface area (Å²) >= 11 is 0. The first-order valence-corrected chi connectivity index (χ1v) is 12.5. The monoisotopic (exact) mass is 480 g/mol. The molecule has 0 saturated carbocycles. The number of carbonyl (C=O) groups excluding carboxylic acids is 1. The molecule has 1 amide bonds. The summed E-state index contributed by atoms with van der Waals surface area (Å²) in [6, 6.07) is 16.2. The fraction of sp³-hybridized carbons (Fsp3) is 0.429. The van der Waals surface area contributed by atoms with Gasteiger partial charge in [-0.2, -0.15) is 0 Å². The van der Waals surface area contributed by atoms with Crippen molar-refractivity contribution in [2.24, 2.45) is 5.41 Å². The van der Waals surface area contributed by atoms with Crippen LogP contribution in [0.15, 0.2) is 48.5 Å². The Morgan fingerprint density at radius 2 is 1.89 bits per heavy atom. The highest BCUT2D eigenvalue weighted by atomic mass is 16.5. The lowest BCUT2D eigenvalue weighted by molar-refractivity contribution is -0.126. The van der Waals surface area contributed by atoms with Crippen LogP contribution in [0.5, 0.6) is 11.5 Å². The summed E-state index contributed by atoms with van der Waals surface area (Å²) in [5.41, 5.74) is 3.64. The summed E-state index contributed by atoms with van der Waals surface area (Å²) in [6.45, 7) is 7.79. The molecule has 3 aromatic rings. The molecular formula is C28H40N4O3. The zero-order valence-corrected chi connectivity index (χ0v) is 21.2. The van der Waals surface area contributed by atoms with Crippen LogP contribution in [0.2, 0.25) is 0 Å². The molecular weight excluding hydrogens is 440 g/mol. The van der Waals surface area contributed by atoms with Gasteiger partial charge in [-0.15, -0.1) is 0 Å². The molecule has 7 heteroatoms. The maximum atomic E-state index is 12.6. The average molecular weight is 481 g/mol. The van der Waals surface area contributed by atoms with Gasteiger partial charge in [-0.25, -0.2) is 4.98 Å². The molecule has 5 rings (SSSR count). The van der Waals surface area contributed by atoms with Crippen molar-refractivity contribution >= 4 is 22.5 Å². The topological polar surface area (TPSA) is 75.7 Å². The highest BCUT2D eigenvalue weighted by Crippen LogP contribution is 2.42. The van der Waals surface area contributed by atoms with E-state index in [4.69, 9.17) is 14.5 Å². The highest BCUT2D eigenvalue weighted by molar-refractivity contribution is 5.96. The third kappa shape index (κ3) is 5.05. The molecule has 1 spiro atoms. The molecule has 0 bridgehead atoms. The smallest absolute Gasteiger partial charge is 0.228 e. The van der Waals surface area contributed by atoms with E-state index in [1.165, 1.54) is 0 Å². The third-order valence-electron chi connectivity index (χ3n) is 6.83. The number of hydrogen-bond acceptors (Lipinski definition) is 6. The SMILES string of the molecule is CC.CNCCOc1ccc(-c2cc(N3CCC4(CCNC4=O)C3)c3ccc(OC)cc3n2)cc1.[HH].[HH]. The van der Waals surface area contributed by atoms with Crippen LogP contribution in [0.4, 0.5) is 5.69 Å². The molecule has 1 unspecified atom stereocenters. The molecule has 7 nitrogen and oxygen atoms in total. The van der Waals surface area contributed by atoms with E-state index in [0.29, 0.717) is 6.61 Å². The molecule has 2 saturated heterocycles. The molecule has 1 atom stereocenters. The van der Waals surface area contributed by atoms with Gasteiger partial charge in [0.05, 0.1) is 23.7 Å². The standard InChI is InChI=1S/C26H30N4O3.C2H6.2H2/c1-27-12-14-33-19-5-3-18(4-6-19)22-16-24(21-8-7-20(32-2)15-23(21)29-22)30-13-10-26(17-30)9-11-28-25(26)31;1-2;;/h3-8,15-16,27H,9-14,17H2,1-2H3,(H,28,31);1-2H3;2*1H. The third-order valence-corrected chi connectivity index (χ3v) is 6.83. The highest BCUT2D eigenvalue weighted by Gasteiger charge is 2.47. The number of aromatic nitrogens is 1. The molecule has 2 aromatic carbocycles. The number of ether oxygens (including phenoxy) is 2. The van der Waals surface area contributed by atoms with Gasteiger partial charge in [-0.05, 0) is 62.4 Å². The summed E-state index contributed by atoms with van der Waals surface area (Å²) in [6.07, 6.45) is 1.79. The fourth-order valence-electron chi connectivity index (χ4n) is 4.90. The maximum absolute atomic E-state index is 12.6. The van der Waals surface area contributed by atoms with E-state index >= 15 is 0 Å². The normalized spacial score (nSPS) is 19.0. The minimum absolute atomic E-state index is 0. The van der Waals surface area contributed by atoms with Gasteiger partial charge in [0.15, 0.2) is 0 Å². The number of methoxy groups -OCH3 is 1. The number of carbonyl (C=O) groups is 1. The Labute approximate surface area is 210 Å². The van der Waals surface area contributed by atoms with Gasteiger partial charge >= 0.3 is 0 Å². The van der Waals surface area contributed by atoms with Crippen LogP contribution in [0, 0.1) is 5.41 Å². The van der Waals surface area contributed by atoms with Crippen molar-refractivity contribution in [1.82, 2.24) is 15.6 Å². The number of fused-ring (bicyclic) bond motifs is 1. The number of nitrogens with one attached hydrogen (secondary N) is 2. The van der Waals surface area contributed by atoms with Crippen molar-refractivity contribution in [1.29, 1.82) is 0 Å². The van der Waals surface area contributed by atoms with Crippen LogP contribution in [-0.2, 0) is 4.79 Å². The number of hydrogen-bond donors (Lipinski definition) is 2. The van der Waals surface area contributed by atoms with E-state index in [1.807, 2.05) is 57.3 Å². The van der Waals surface area contributed by atoms with Crippen LogP contribution < -0.4 is 25.0 Å². The lowest BCUT2D eigenvalue weighted by atomic mass is 9.86. The van der Waals surface area contributed by atoms with Crippen molar-refractivity contribution in [3.8, 4) is 22.8 Å². The van der Waals surface area contributed by atoms with Gasteiger partial charge in [-0.1, -0.05) is 13.8 Å². The number of likely N-dealkylation sites (N-methyl/N-ethyl adjacent to an activating group) is 1. The first-order chi connectivity index (χ1) is 17.1. The van der Waals surface area contributed by atoms with Crippen molar-refractivity contribution in [2.75, 3.05) is 51.8 Å². The number of rotatable bonds is 7. The van der Waals surface area contributed by atoms with E-state index in [0.717, 1.165) is 78.4 Å². The Bertz CT molecular complexity index is 1180. The number of nitrogens with zero attached hydrogens (tertiary/aromatic N) is 2. The van der Waals surface area contributed by atoms with Crippen molar-refractivity contribution < 1.29 is 17.1 Å². The van der Waals surface area contributed by atoms with Crippen LogP contribution in [-0.4, -0.2) is 57.8 Å². The van der Waals surface area contributed by atoms with E-state index in [-0.39, 0.29) is 14.2 Å². The van der Waals surface area contributed by atoms with E-state index in [2.05, 4.69) is 27.7 Å². The quantitative estimate of drug-likeness (QED) is 0.476. The predicted octanol–water partition coefficient (Wildman–Crippen LogP) is 4.74. The first-order valence-electron chi connectivity index (χ1n) is 12.5. The number of amides is 1. The fourth-order valence-corrected chi connectivity index (χ4v) is 4.90. The van der Waals surface area contributed by atoms with Gasteiger partial charge in [-0.3, -0.25) is 4.79 Å². The number of anilines is 1. The molecule has 35 heavy (non-hydrogen) atoms. The molecule has 2 N–H and O–H groups in total. The molecule has 2 aliphatic heterocycles. The summed E-state index contributed by atoms with van der Waals surface area (Å²) in [5.74, 6) is 1.81. The van der Waals surface area contributed by atoms with Crippen molar-refractivity contribution in [2.45, 2.75) is 26.7 Å². The summed E-state index contributed by atoms with van der Waals surface area (Å²) in [5, 5.41) is 7.18. The van der Waals surface area contributed by atoms with Crippen LogP contribution >= 0.6 is 0 Å². The Hall–Kier alpha value is -3.32. The Balaban J connectivity index is 0.00000118. The summed E-state index contributed by atoms with van der Waals surface area (Å²) in [4.78, 5) is 19.9. The molecule has 0 aliphatic carbocycles. The van der Waals surface area contributed by atoms with Gasteiger partial charge in [0.1, 0.15) is 18.1 Å². The largest absolute Gasteiger partial charge is 0.497 e. The lowest BCUT2D eigenvalue weighted by Gasteiger charge is -2.24. The minimum atomic E-state index is -0.269. The zero-order chi connectivity index (χ0) is 24.8. The second-order valence-electron chi connectivity index (χ2n) is 8.84. The van der Waals surface area contributed by atoms with Gasteiger partial charge in [0.25, 0.3) is 0 Å². The molecule has 1 aromatic heterocycles. The Kier molecular flexibility index (Phi) is 7.76. The van der Waals surface area contributed by atoms with Crippen molar-refractivity contribution in [3.63, 3.8) is 0 Å². The lowest BCUT2D eigenvalue weighted by Crippen LogP contribution is -2.34. The molecule has 2 aliphatic rings. The summed E-state index contributed by atoms with van der Waals surface area (Å²) < 4.78 is 11.2. The number of pyridine rings is 1. The summed E-state index contributed by atoms with van der Waals surface area (Å²) in [7, 11) is 3.58. The van der Waals surface area contributed by atoms with Gasteiger partial charge < -0.3 is 25.0 Å². The molecule has 190 valence electrons. The average Bonchev–Trinajstić information content (AvgIpc) is 3.50. The Morgan fingerprint density at radius 3 is 2.57 bits per heavy atom. The molecule has 2 fully saturated rings. The van der Waals surface area contributed by atoms with Crippen LogP contribution in [0.3, 0.4) is 0 Å². The van der Waals surface area contributed by atoms with E-state index in [9.17, 15) is 4.79 Å². The number of benzene rings is 2. The first kappa shape index (κ1) is 24.8. The minimum Gasteiger partial charge on any atom is -0.497 e. The van der Waals surface area contributed by atoms with E-state index < -0.39 is 0 Å².